The van der Waals surface area contributed by atoms with Crippen LogP contribution in [0.15, 0.2) is 111 Å². The van der Waals surface area contributed by atoms with Gasteiger partial charge in [-0.15, -0.1) is 0 Å². The summed E-state index contributed by atoms with van der Waals surface area (Å²) in [7, 11) is 0. The van der Waals surface area contributed by atoms with Gasteiger partial charge in [-0.2, -0.15) is 0 Å². The zero-order chi connectivity index (χ0) is 28.1. The van der Waals surface area contributed by atoms with Gasteiger partial charge in [-0.05, 0) is 11.1 Å². The Morgan fingerprint density at radius 3 is 1.64 bits per heavy atom. The Bertz CT molecular complexity index is 1150. The minimum absolute atomic E-state index is 0.265. The van der Waals surface area contributed by atoms with Crippen LogP contribution in [0, 0.1) is 5.92 Å². The average Bonchev–Trinajstić information content (AvgIpc) is 3.17. The summed E-state index contributed by atoms with van der Waals surface area (Å²) in [6, 6.07) is 32.2. The molecule has 1 N–H and O–H groups in total. The van der Waals surface area contributed by atoms with Crippen LogP contribution in [0.3, 0.4) is 0 Å². The average molecular weight is 617 g/mol. The number of nitrogens with one attached hydrogen (secondary N) is 1. The molecule has 0 fully saturated rings. The second-order valence-electron chi connectivity index (χ2n) is 11.5. The molecule has 0 bridgehead atoms. The van der Waals surface area contributed by atoms with Gasteiger partial charge < -0.3 is 0 Å². The van der Waals surface area contributed by atoms with E-state index in [2.05, 4.69) is 121 Å². The van der Waals surface area contributed by atoms with Crippen molar-refractivity contribution in [2.24, 2.45) is 5.92 Å². The van der Waals surface area contributed by atoms with Crippen molar-refractivity contribution in [1.82, 2.24) is 3.26 Å². The molecule has 208 valence electrons. The molecule has 0 heterocycles. The van der Waals surface area contributed by atoms with Crippen LogP contribution in [0.2, 0.25) is 4.63 Å². The van der Waals surface area contributed by atoms with E-state index in [0.717, 1.165) is 0 Å². The fourth-order valence-electron chi connectivity index (χ4n) is 6.04. The van der Waals surface area contributed by atoms with Crippen LogP contribution >= 0.6 is 0 Å². The van der Waals surface area contributed by atoms with E-state index < -0.39 is 19.7 Å². The van der Waals surface area contributed by atoms with Gasteiger partial charge in [0.15, 0.2) is 0 Å². The Balaban J connectivity index is 0.000000289. The monoisotopic (exact) mass is 615 g/mol. The van der Waals surface area contributed by atoms with Crippen molar-refractivity contribution in [2.75, 3.05) is 6.54 Å². The molecule has 0 amide bonds. The number of hydrogen-bond acceptors (Lipinski definition) is 1. The largest absolute Gasteiger partial charge is 0.0622 e. The molecule has 1 nitrogen and oxygen atoms in total. The van der Waals surface area contributed by atoms with Crippen LogP contribution in [-0.2, 0) is 19.7 Å². The van der Waals surface area contributed by atoms with E-state index >= 15 is 0 Å². The molecule has 3 aromatic rings. The number of hydrogen-bond donors (Lipinski definition) is 1. The molecule has 0 aromatic heterocycles. The molecular formula is C36H51NSiZr. The zero-order valence-corrected chi connectivity index (χ0v) is 29.3. The predicted octanol–water partition coefficient (Wildman–Crippen LogP) is 9.08. The van der Waals surface area contributed by atoms with Gasteiger partial charge in [0, 0.05) is 0 Å². The summed E-state index contributed by atoms with van der Waals surface area (Å²) in [4.78, 5) is 0. The van der Waals surface area contributed by atoms with E-state index in [1.54, 1.807) is 21.9 Å². The SMILES string of the molecule is CCCCCCCC[NH][Zr]([CH3])([SiH2]c1ccccc1)[C]1=C(C)C(C)=C(C)C1C.c1ccc(-c2ccccc2)cc1. The topological polar surface area (TPSA) is 12.0 Å². The fourth-order valence-corrected chi connectivity index (χ4v) is 29.8. The standard InChI is InChI=1S/C12H10.C9H13.C8H18N.C6H7Si.CH3.Zr/c1-3-7-11(8-4-1)12-9-5-2-6-10-12;1-6-5-7(2)9(4)8(6)3;1-2-3-4-5-6-7-8-9;7-6-4-2-1-3-5-6;;/h1-10H;6H,1-4H3;9H,2-8H2,1H3;1-5H,7H2;1H3;/q;;-1;;;+1. The maximum absolute atomic E-state index is 4.27. The first-order valence-electron chi connectivity index (χ1n) is 15.2. The van der Waals surface area contributed by atoms with Crippen molar-refractivity contribution in [3.8, 4) is 11.1 Å². The number of benzene rings is 3. The minimum atomic E-state index is -2.52. The molecule has 2 atom stereocenters. The van der Waals surface area contributed by atoms with Gasteiger partial charge in [0.25, 0.3) is 0 Å². The van der Waals surface area contributed by atoms with Gasteiger partial charge in [0.2, 0.25) is 0 Å². The van der Waals surface area contributed by atoms with Crippen LogP contribution in [0.1, 0.15) is 73.1 Å². The van der Waals surface area contributed by atoms with Crippen LogP contribution < -0.4 is 8.45 Å². The van der Waals surface area contributed by atoms with Gasteiger partial charge >= 0.3 is 175 Å². The van der Waals surface area contributed by atoms with Gasteiger partial charge in [-0.25, -0.2) is 0 Å². The third-order valence-corrected chi connectivity index (χ3v) is 29.5. The molecule has 1 aliphatic carbocycles. The normalized spacial score (nSPS) is 16.9. The Morgan fingerprint density at radius 2 is 1.15 bits per heavy atom. The summed E-state index contributed by atoms with van der Waals surface area (Å²) in [6.45, 7) is 12.8. The Hall–Kier alpha value is -1.80. The van der Waals surface area contributed by atoms with Crippen molar-refractivity contribution in [3.63, 3.8) is 0 Å². The predicted molar refractivity (Wildman–Crippen MR) is 174 cm³/mol. The van der Waals surface area contributed by atoms with Crippen LogP contribution in [0.5, 0.6) is 0 Å². The van der Waals surface area contributed by atoms with Gasteiger partial charge in [-0.3, -0.25) is 0 Å². The molecule has 1 aliphatic rings. The number of rotatable bonds is 12. The molecule has 4 rings (SSSR count). The molecule has 0 saturated carbocycles. The van der Waals surface area contributed by atoms with E-state index in [1.165, 1.54) is 56.2 Å². The van der Waals surface area contributed by atoms with E-state index in [1.807, 2.05) is 15.4 Å². The van der Waals surface area contributed by atoms with Gasteiger partial charge in [0.05, 0.1) is 0 Å². The second-order valence-corrected chi connectivity index (χ2v) is 32.4. The van der Waals surface area contributed by atoms with E-state index in [9.17, 15) is 0 Å². The molecule has 0 saturated heterocycles. The van der Waals surface area contributed by atoms with Gasteiger partial charge in [0.1, 0.15) is 0 Å². The number of unbranched alkanes of at least 4 members (excludes halogenated alkanes) is 5. The van der Waals surface area contributed by atoms with Crippen molar-refractivity contribution >= 4 is 11.8 Å². The summed E-state index contributed by atoms with van der Waals surface area (Å²) in [5, 5.41) is 1.65. The van der Waals surface area contributed by atoms with Crippen molar-refractivity contribution in [3.05, 3.63) is 111 Å². The van der Waals surface area contributed by atoms with Crippen LogP contribution in [0.4, 0.5) is 0 Å². The first-order valence-corrected chi connectivity index (χ1v) is 26.7. The molecule has 39 heavy (non-hydrogen) atoms. The molecule has 3 heteroatoms. The van der Waals surface area contributed by atoms with Crippen molar-refractivity contribution in [1.29, 1.82) is 0 Å². The van der Waals surface area contributed by atoms with Gasteiger partial charge in [-0.1, -0.05) is 60.7 Å². The summed E-state index contributed by atoms with van der Waals surface area (Å²) in [5.41, 5.74) is 7.38. The minimum Gasteiger partial charge on any atom is -0.0622 e. The molecule has 0 radical (unpaired) electrons. The summed E-state index contributed by atoms with van der Waals surface area (Å²) >= 11 is -2.52. The first kappa shape index (κ1) is 31.7. The Morgan fingerprint density at radius 1 is 0.667 bits per heavy atom. The van der Waals surface area contributed by atoms with E-state index in [4.69, 9.17) is 0 Å². The smallest absolute Gasteiger partial charge is 0.0184 e. The second kappa shape index (κ2) is 16.5. The summed E-state index contributed by atoms with van der Waals surface area (Å²) < 4.78 is 8.84. The maximum atomic E-state index is 4.27. The molecule has 0 spiro atoms. The Kier molecular flexibility index (Phi) is 13.4. The summed E-state index contributed by atoms with van der Waals surface area (Å²) in [6.07, 6.45) is 8.32. The molecule has 0 aliphatic heterocycles. The number of allylic oxidation sites excluding steroid dienone is 4. The molecule has 2 unspecified atom stereocenters. The van der Waals surface area contributed by atoms with E-state index in [0.29, 0.717) is 5.92 Å². The third-order valence-electron chi connectivity index (χ3n) is 8.56. The fraction of sp³-hybridized carbons (Fsp3) is 0.389. The van der Waals surface area contributed by atoms with Crippen molar-refractivity contribution < 1.29 is 19.7 Å². The Labute approximate surface area is 245 Å². The third kappa shape index (κ3) is 9.38. The molecule has 3 aromatic carbocycles. The van der Waals surface area contributed by atoms with Crippen LogP contribution in [0.25, 0.3) is 11.1 Å². The van der Waals surface area contributed by atoms with Crippen LogP contribution in [-0.4, -0.2) is 13.2 Å². The zero-order valence-electron chi connectivity index (χ0n) is 25.4. The van der Waals surface area contributed by atoms with E-state index in [-0.39, 0.29) is 6.65 Å². The van der Waals surface area contributed by atoms with Crippen molar-refractivity contribution in [2.45, 2.75) is 77.8 Å². The summed E-state index contributed by atoms with van der Waals surface area (Å²) in [5.74, 6) is 0.666. The first-order chi connectivity index (χ1) is 18.9. The quantitative estimate of drug-likeness (QED) is 0.158. The maximum Gasteiger partial charge on any atom is -0.0184 e. The molecular weight excluding hydrogens is 566 g/mol.